The Kier molecular flexibility index (Phi) is 17.2. The third-order valence-corrected chi connectivity index (χ3v) is 31.1. The van der Waals surface area contributed by atoms with Gasteiger partial charge >= 0.3 is 8.56 Å². The third kappa shape index (κ3) is 12.2. The van der Waals surface area contributed by atoms with Gasteiger partial charge < -0.3 is 26.9 Å². The molecule has 59 heavy (non-hydrogen) atoms. The van der Waals surface area contributed by atoms with Crippen LogP contribution in [0.5, 0.6) is 0 Å². The summed E-state index contributed by atoms with van der Waals surface area (Å²) in [6.45, 7) is 38.8. The van der Waals surface area contributed by atoms with Crippen molar-refractivity contribution in [2.24, 2.45) is 0 Å². The molecular weight excluding hydrogens is 797 g/mol. The second-order valence-corrected chi connectivity index (χ2v) is 39.3. The first-order chi connectivity index (χ1) is 27.1. The van der Waals surface area contributed by atoms with E-state index in [1.807, 2.05) is 6.07 Å². The number of benzene rings is 3. The van der Waals surface area contributed by atoms with E-state index in [1.54, 1.807) is 7.11 Å². The molecule has 4 atom stereocenters. The molecule has 0 aromatic heterocycles. The number of aldehydes is 1. The van der Waals surface area contributed by atoms with Crippen LogP contribution in [0.25, 0.3) is 0 Å². The summed E-state index contributed by atoms with van der Waals surface area (Å²) in [4.78, 5) is 12.5. The summed E-state index contributed by atoms with van der Waals surface area (Å²) in [7, 11) is -9.03. The van der Waals surface area contributed by atoms with Crippen molar-refractivity contribution < 1.29 is 26.9 Å². The SMILES string of the molecule is CO[Si](OCC(C)=C[C@@H](O[Si](c1ccccc1)(c1ccccc1)C(C)(C)C)[C@@H](C[C@H](CC=O)O[Si](C)(C)C(C)(C)C)O[Si](C)(C)C(C)(C)C)(c1ccccc1)C(C)(C)C. The zero-order valence-corrected chi connectivity index (χ0v) is 44.1. The fraction of sp³-hybridized carbons (Fsp3) is 0.571. The van der Waals surface area contributed by atoms with E-state index in [2.05, 4.69) is 207 Å². The van der Waals surface area contributed by atoms with Crippen LogP contribution in [0.15, 0.2) is 103 Å². The first-order valence-corrected chi connectivity index (χ1v) is 31.1. The summed E-state index contributed by atoms with van der Waals surface area (Å²) < 4.78 is 36.5. The van der Waals surface area contributed by atoms with Crippen molar-refractivity contribution in [1.82, 2.24) is 0 Å². The first-order valence-electron chi connectivity index (χ1n) is 21.6. The van der Waals surface area contributed by atoms with Crippen LogP contribution < -0.4 is 15.6 Å². The first kappa shape index (κ1) is 51.1. The normalized spacial score (nSPS) is 16.6. The van der Waals surface area contributed by atoms with E-state index in [1.165, 1.54) is 10.4 Å². The standard InChI is InChI=1S/C49H80O6Si4/c1-39(38-52-59(51-14,49(11,12)13)43-32-26-21-27-33-43)36-44(55-58(48(8,9)10,41-28-22-19-23-29-41)42-30-24-20-25-31-42)45(54-57(17,18)47(5,6)7)37-40(34-35-50)53-56(15,16)46(2,3)4/h19-33,35-36,40,44-45H,34,37-38H2,1-18H3/t40-,44+,45+,59?/m0/s1. The van der Waals surface area contributed by atoms with Crippen molar-refractivity contribution >= 4 is 55.4 Å². The maximum Gasteiger partial charge on any atom is 0.378 e. The van der Waals surface area contributed by atoms with Crippen molar-refractivity contribution in [3.8, 4) is 0 Å². The highest BCUT2D eigenvalue weighted by Gasteiger charge is 2.54. The largest absolute Gasteiger partial charge is 0.413 e. The van der Waals surface area contributed by atoms with Gasteiger partial charge in [0.05, 0.1) is 24.9 Å². The molecule has 0 aliphatic heterocycles. The van der Waals surface area contributed by atoms with Gasteiger partial charge in [0.15, 0.2) is 16.6 Å². The lowest BCUT2D eigenvalue weighted by molar-refractivity contribution is -0.109. The van der Waals surface area contributed by atoms with Crippen molar-refractivity contribution in [1.29, 1.82) is 0 Å². The molecule has 0 spiro atoms. The Labute approximate surface area is 364 Å². The maximum atomic E-state index is 12.5. The van der Waals surface area contributed by atoms with Gasteiger partial charge in [-0.05, 0) is 63.8 Å². The molecule has 0 heterocycles. The Hall–Kier alpha value is -2.26. The van der Waals surface area contributed by atoms with Crippen LogP contribution in [0.3, 0.4) is 0 Å². The Balaban J connectivity index is 2.40. The fourth-order valence-corrected chi connectivity index (χ4v) is 18.3. The minimum Gasteiger partial charge on any atom is -0.413 e. The van der Waals surface area contributed by atoms with Crippen molar-refractivity contribution in [2.75, 3.05) is 13.7 Å². The highest BCUT2D eigenvalue weighted by molar-refractivity contribution is 6.99. The van der Waals surface area contributed by atoms with Gasteiger partial charge in [0.25, 0.3) is 8.32 Å². The Bertz CT molecular complexity index is 1730. The molecule has 0 saturated heterocycles. The smallest absolute Gasteiger partial charge is 0.378 e. The quantitative estimate of drug-likeness (QED) is 0.0679. The average Bonchev–Trinajstić information content (AvgIpc) is 3.12. The molecule has 10 heteroatoms. The zero-order valence-electron chi connectivity index (χ0n) is 40.1. The molecule has 0 N–H and O–H groups in total. The second kappa shape index (κ2) is 19.8. The van der Waals surface area contributed by atoms with Crippen LogP contribution in [0, 0.1) is 0 Å². The molecule has 3 aromatic rings. The lowest BCUT2D eigenvalue weighted by atomic mass is 10.0. The molecule has 0 aliphatic rings. The van der Waals surface area contributed by atoms with Crippen molar-refractivity contribution in [3.63, 3.8) is 0 Å². The average molecular weight is 878 g/mol. The minimum absolute atomic E-state index is 0.0356. The van der Waals surface area contributed by atoms with E-state index in [4.69, 9.17) is 22.1 Å². The van der Waals surface area contributed by atoms with Crippen LogP contribution in [-0.4, -0.2) is 71.8 Å². The molecule has 328 valence electrons. The lowest BCUT2D eigenvalue weighted by Crippen LogP contribution is -2.68. The molecule has 0 bridgehead atoms. The third-order valence-electron chi connectivity index (χ3n) is 12.9. The number of rotatable bonds is 19. The van der Waals surface area contributed by atoms with Crippen molar-refractivity contribution in [3.05, 3.63) is 103 Å². The highest BCUT2D eigenvalue weighted by Crippen LogP contribution is 2.44. The summed E-state index contributed by atoms with van der Waals surface area (Å²) >= 11 is 0. The number of carbonyl (C=O) groups excluding carboxylic acids is 1. The fourth-order valence-electron chi connectivity index (χ4n) is 7.49. The number of hydrogen-bond donors (Lipinski definition) is 0. The molecular formula is C49H80O6Si4. The monoisotopic (exact) mass is 877 g/mol. The summed E-state index contributed by atoms with van der Waals surface area (Å²) in [5, 5.41) is 2.83. The zero-order chi connectivity index (χ0) is 44.7. The minimum atomic E-state index is -3.13. The van der Waals surface area contributed by atoms with Crippen LogP contribution in [0.1, 0.15) is 103 Å². The van der Waals surface area contributed by atoms with E-state index in [0.717, 1.165) is 17.0 Å². The predicted molar refractivity (Wildman–Crippen MR) is 260 cm³/mol. The van der Waals surface area contributed by atoms with E-state index < -0.39 is 45.7 Å². The maximum absolute atomic E-state index is 12.5. The topological polar surface area (TPSA) is 63.2 Å². The van der Waals surface area contributed by atoms with Gasteiger partial charge in [0, 0.05) is 25.0 Å². The van der Waals surface area contributed by atoms with Gasteiger partial charge in [-0.25, -0.2) is 0 Å². The van der Waals surface area contributed by atoms with Gasteiger partial charge in [-0.2, -0.15) is 0 Å². The molecule has 1 unspecified atom stereocenters. The molecule has 0 fully saturated rings. The van der Waals surface area contributed by atoms with Gasteiger partial charge in [-0.15, -0.1) is 0 Å². The summed E-state index contributed by atoms with van der Waals surface area (Å²) in [6.07, 6.45) is 2.79. The lowest BCUT2D eigenvalue weighted by Gasteiger charge is -2.48. The van der Waals surface area contributed by atoms with Crippen LogP contribution in [0.4, 0.5) is 0 Å². The summed E-state index contributed by atoms with van der Waals surface area (Å²) in [5.41, 5.74) is 1.03. The Morgan fingerprint density at radius 3 is 1.39 bits per heavy atom. The van der Waals surface area contributed by atoms with Crippen LogP contribution in [-0.2, 0) is 26.9 Å². The Morgan fingerprint density at radius 2 is 1.02 bits per heavy atom. The van der Waals surface area contributed by atoms with Crippen LogP contribution >= 0.6 is 0 Å². The Morgan fingerprint density at radius 1 is 0.593 bits per heavy atom. The van der Waals surface area contributed by atoms with Crippen LogP contribution in [0.2, 0.25) is 46.3 Å². The van der Waals surface area contributed by atoms with E-state index in [0.29, 0.717) is 13.0 Å². The predicted octanol–water partition coefficient (Wildman–Crippen LogP) is 11.5. The molecule has 0 saturated carbocycles. The highest BCUT2D eigenvalue weighted by atomic mass is 28.4. The molecule has 3 rings (SSSR count). The van der Waals surface area contributed by atoms with Gasteiger partial charge in [-0.3, -0.25) is 0 Å². The number of carbonyl (C=O) groups is 1. The van der Waals surface area contributed by atoms with Crippen molar-refractivity contribution in [2.45, 2.75) is 168 Å². The molecule has 3 aromatic carbocycles. The molecule has 0 radical (unpaired) electrons. The summed E-state index contributed by atoms with van der Waals surface area (Å²) in [5.74, 6) is 0. The van der Waals surface area contributed by atoms with Gasteiger partial charge in [0.2, 0.25) is 0 Å². The van der Waals surface area contributed by atoms with E-state index in [9.17, 15) is 4.79 Å². The van der Waals surface area contributed by atoms with E-state index >= 15 is 0 Å². The molecule has 0 amide bonds. The summed E-state index contributed by atoms with van der Waals surface area (Å²) in [6, 6.07) is 32.0. The van der Waals surface area contributed by atoms with Gasteiger partial charge in [0.1, 0.15) is 6.29 Å². The van der Waals surface area contributed by atoms with E-state index in [-0.39, 0.29) is 32.7 Å². The number of hydrogen-bond acceptors (Lipinski definition) is 6. The second-order valence-electron chi connectivity index (χ2n) is 21.5. The molecule has 0 aliphatic carbocycles. The van der Waals surface area contributed by atoms with Gasteiger partial charge in [-0.1, -0.05) is 186 Å². The molecule has 6 nitrogen and oxygen atoms in total.